The molecular weight excluding hydrogens is 394 g/mol. The third-order valence-corrected chi connectivity index (χ3v) is 6.30. The number of amides is 1. The topological polar surface area (TPSA) is 63.3 Å². The molecular formula is C24H31N3O4. The highest BCUT2D eigenvalue weighted by molar-refractivity contribution is 5.82. The molecule has 2 aliphatic rings. The van der Waals surface area contributed by atoms with Crippen molar-refractivity contribution in [1.82, 2.24) is 5.32 Å². The van der Waals surface area contributed by atoms with Crippen LogP contribution >= 0.6 is 0 Å². The molecule has 2 aliphatic heterocycles. The van der Waals surface area contributed by atoms with Gasteiger partial charge in [-0.1, -0.05) is 6.07 Å². The first-order valence-electron chi connectivity index (χ1n) is 10.7. The number of anilines is 2. The highest BCUT2D eigenvalue weighted by atomic mass is 16.5. The predicted molar refractivity (Wildman–Crippen MR) is 121 cm³/mol. The molecule has 1 fully saturated rings. The Morgan fingerprint density at radius 1 is 1.03 bits per heavy atom. The molecule has 4 rings (SSSR count). The fourth-order valence-corrected chi connectivity index (χ4v) is 4.64. The van der Waals surface area contributed by atoms with Gasteiger partial charge in [0.2, 0.25) is 5.91 Å². The van der Waals surface area contributed by atoms with Crippen molar-refractivity contribution in [1.29, 1.82) is 0 Å². The smallest absolute Gasteiger partial charge is 0.225 e. The van der Waals surface area contributed by atoms with E-state index in [0.29, 0.717) is 13.2 Å². The number of hydrogen-bond donors (Lipinski definition) is 1. The number of hydrogen-bond acceptors (Lipinski definition) is 6. The highest BCUT2D eigenvalue weighted by Crippen LogP contribution is 2.39. The van der Waals surface area contributed by atoms with Crippen LogP contribution in [0.3, 0.4) is 0 Å². The normalized spacial score (nSPS) is 20.0. The molecule has 1 N–H and O–H groups in total. The van der Waals surface area contributed by atoms with E-state index < -0.39 is 0 Å². The molecule has 31 heavy (non-hydrogen) atoms. The molecule has 2 heterocycles. The van der Waals surface area contributed by atoms with Gasteiger partial charge < -0.3 is 29.3 Å². The van der Waals surface area contributed by atoms with Crippen molar-refractivity contribution in [3.63, 3.8) is 0 Å². The first kappa shape index (κ1) is 21.3. The maximum absolute atomic E-state index is 13.1. The van der Waals surface area contributed by atoms with Gasteiger partial charge in [0.25, 0.3) is 0 Å². The zero-order valence-corrected chi connectivity index (χ0v) is 18.5. The lowest BCUT2D eigenvalue weighted by molar-refractivity contribution is -0.126. The molecule has 0 aliphatic carbocycles. The van der Waals surface area contributed by atoms with E-state index in [9.17, 15) is 4.79 Å². The lowest BCUT2D eigenvalue weighted by atomic mass is 9.83. The number of carbonyl (C=O) groups is 1. The average molecular weight is 426 g/mol. The van der Waals surface area contributed by atoms with E-state index in [-0.39, 0.29) is 17.9 Å². The Labute approximate surface area is 183 Å². The number of benzene rings is 2. The second-order valence-corrected chi connectivity index (χ2v) is 7.99. The number of ether oxygens (including phenoxy) is 3. The lowest BCUT2D eigenvalue weighted by Gasteiger charge is -2.49. The minimum Gasteiger partial charge on any atom is -0.497 e. The van der Waals surface area contributed by atoms with Gasteiger partial charge in [-0.05, 0) is 42.3 Å². The quantitative estimate of drug-likeness (QED) is 0.687. The molecule has 2 aromatic rings. The first-order valence-corrected chi connectivity index (χ1v) is 10.7. The van der Waals surface area contributed by atoms with Crippen molar-refractivity contribution in [2.75, 3.05) is 63.9 Å². The first-order chi connectivity index (χ1) is 15.1. The SMILES string of the molecule is COCCNC(=O)[C@@H]1Cc2ccc(OC)cc2N2CCN(c3ccc(OC)cc3)C[C@H]12. The minimum atomic E-state index is -0.126. The number of fused-ring (bicyclic) bond motifs is 3. The van der Waals surface area contributed by atoms with E-state index in [4.69, 9.17) is 14.2 Å². The van der Waals surface area contributed by atoms with Crippen LogP contribution in [0.1, 0.15) is 5.56 Å². The molecule has 0 spiro atoms. The number of carbonyl (C=O) groups excluding carboxylic acids is 1. The summed E-state index contributed by atoms with van der Waals surface area (Å²) in [5.74, 6) is 1.65. The summed E-state index contributed by atoms with van der Waals surface area (Å²) in [6, 6.07) is 14.4. The van der Waals surface area contributed by atoms with Gasteiger partial charge >= 0.3 is 0 Å². The highest BCUT2D eigenvalue weighted by Gasteiger charge is 2.41. The third kappa shape index (κ3) is 4.42. The zero-order valence-electron chi connectivity index (χ0n) is 18.5. The summed E-state index contributed by atoms with van der Waals surface area (Å²) in [5, 5.41) is 3.06. The van der Waals surface area contributed by atoms with Crippen molar-refractivity contribution in [3.05, 3.63) is 48.0 Å². The van der Waals surface area contributed by atoms with Gasteiger partial charge in [0.1, 0.15) is 11.5 Å². The van der Waals surface area contributed by atoms with Crippen LogP contribution in [-0.2, 0) is 16.0 Å². The Kier molecular flexibility index (Phi) is 6.51. The largest absolute Gasteiger partial charge is 0.497 e. The average Bonchev–Trinajstić information content (AvgIpc) is 2.83. The van der Waals surface area contributed by atoms with Crippen LogP contribution in [0.25, 0.3) is 0 Å². The van der Waals surface area contributed by atoms with Crippen molar-refractivity contribution in [2.24, 2.45) is 5.92 Å². The van der Waals surface area contributed by atoms with Gasteiger partial charge in [-0.15, -0.1) is 0 Å². The minimum absolute atomic E-state index is 0.0815. The van der Waals surface area contributed by atoms with E-state index >= 15 is 0 Å². The molecule has 166 valence electrons. The van der Waals surface area contributed by atoms with E-state index in [2.05, 4.69) is 39.4 Å². The summed E-state index contributed by atoms with van der Waals surface area (Å²) in [6.07, 6.45) is 0.718. The maximum atomic E-state index is 13.1. The molecule has 7 nitrogen and oxygen atoms in total. The molecule has 0 aromatic heterocycles. The van der Waals surface area contributed by atoms with Gasteiger partial charge in [0.05, 0.1) is 32.8 Å². The van der Waals surface area contributed by atoms with Crippen LogP contribution < -0.4 is 24.6 Å². The molecule has 1 saturated heterocycles. The monoisotopic (exact) mass is 425 g/mol. The molecule has 0 radical (unpaired) electrons. The van der Waals surface area contributed by atoms with E-state index in [1.54, 1.807) is 21.3 Å². The van der Waals surface area contributed by atoms with Gasteiger partial charge in [-0.2, -0.15) is 0 Å². The standard InChI is InChI=1S/C24H31N3O4/c1-29-13-10-25-24(28)21-14-17-4-7-20(31-3)15-22(17)27-12-11-26(16-23(21)27)18-5-8-19(30-2)9-6-18/h4-9,15,21,23H,10-14,16H2,1-3H3,(H,25,28)/t21-,23-/m1/s1. The molecule has 0 saturated carbocycles. The van der Waals surface area contributed by atoms with Crippen molar-refractivity contribution < 1.29 is 19.0 Å². The van der Waals surface area contributed by atoms with Crippen LogP contribution in [0, 0.1) is 5.92 Å². The number of rotatable bonds is 7. The fourth-order valence-electron chi connectivity index (χ4n) is 4.64. The molecule has 7 heteroatoms. The second kappa shape index (κ2) is 9.47. The van der Waals surface area contributed by atoms with Crippen LogP contribution in [-0.4, -0.2) is 66.1 Å². The summed E-state index contributed by atoms with van der Waals surface area (Å²) in [5.41, 5.74) is 3.52. The number of piperazine rings is 1. The van der Waals surface area contributed by atoms with Gasteiger partial charge in [0, 0.05) is 50.7 Å². The van der Waals surface area contributed by atoms with E-state index in [1.807, 2.05) is 18.2 Å². The molecule has 0 bridgehead atoms. The molecule has 0 unspecified atom stereocenters. The summed E-state index contributed by atoms with van der Waals surface area (Å²) in [4.78, 5) is 17.9. The van der Waals surface area contributed by atoms with Crippen LogP contribution in [0.15, 0.2) is 42.5 Å². The van der Waals surface area contributed by atoms with E-state index in [0.717, 1.165) is 43.2 Å². The predicted octanol–water partition coefficient (Wildman–Crippen LogP) is 2.33. The van der Waals surface area contributed by atoms with E-state index in [1.165, 1.54) is 11.3 Å². The number of methoxy groups -OCH3 is 3. The number of nitrogens with one attached hydrogen (secondary N) is 1. The van der Waals surface area contributed by atoms with Crippen LogP contribution in [0.2, 0.25) is 0 Å². The fraction of sp³-hybridized carbons (Fsp3) is 0.458. The van der Waals surface area contributed by atoms with Gasteiger partial charge in [-0.25, -0.2) is 0 Å². The lowest BCUT2D eigenvalue weighted by Crippen LogP contribution is -2.61. The van der Waals surface area contributed by atoms with Crippen LogP contribution in [0.5, 0.6) is 11.5 Å². The van der Waals surface area contributed by atoms with Crippen LogP contribution in [0.4, 0.5) is 11.4 Å². The molecule has 2 atom stereocenters. The molecule has 2 aromatic carbocycles. The summed E-state index contributed by atoms with van der Waals surface area (Å²) in [6.45, 7) is 3.55. The second-order valence-electron chi connectivity index (χ2n) is 7.99. The van der Waals surface area contributed by atoms with Crippen molar-refractivity contribution in [3.8, 4) is 11.5 Å². The zero-order chi connectivity index (χ0) is 21.8. The Morgan fingerprint density at radius 2 is 1.77 bits per heavy atom. The number of nitrogens with zero attached hydrogens (tertiary/aromatic N) is 2. The Morgan fingerprint density at radius 3 is 2.48 bits per heavy atom. The summed E-state index contributed by atoms with van der Waals surface area (Å²) < 4.78 is 15.9. The van der Waals surface area contributed by atoms with Gasteiger partial charge in [0.15, 0.2) is 0 Å². The Hall–Kier alpha value is -2.93. The van der Waals surface area contributed by atoms with Crippen molar-refractivity contribution >= 4 is 17.3 Å². The summed E-state index contributed by atoms with van der Waals surface area (Å²) in [7, 11) is 5.01. The Balaban J connectivity index is 1.61. The third-order valence-electron chi connectivity index (χ3n) is 6.30. The Bertz CT molecular complexity index is 902. The van der Waals surface area contributed by atoms with Crippen molar-refractivity contribution in [2.45, 2.75) is 12.5 Å². The summed E-state index contributed by atoms with van der Waals surface area (Å²) >= 11 is 0. The van der Waals surface area contributed by atoms with Gasteiger partial charge in [-0.3, -0.25) is 4.79 Å². The molecule has 1 amide bonds. The maximum Gasteiger partial charge on any atom is 0.225 e.